The highest BCUT2D eigenvalue weighted by Crippen LogP contribution is 2.12. The molecular weight excluding hydrogens is 157 g/mol. The quantitative estimate of drug-likeness (QED) is 0.482. The average Bonchev–Trinajstić information content (AvgIpc) is 1.88. The molecule has 1 nitrogen and oxygen atoms in total. The van der Waals surface area contributed by atoms with E-state index in [1.165, 1.54) is 6.08 Å². The maximum absolute atomic E-state index is 11.4. The van der Waals surface area contributed by atoms with Crippen molar-refractivity contribution in [3.63, 3.8) is 0 Å². The molecule has 1 atom stereocenters. The SMILES string of the molecule is C=CC(C#CC(F)(F)F)CO. The minimum absolute atomic E-state index is 0.438. The van der Waals surface area contributed by atoms with Crippen molar-refractivity contribution in [2.75, 3.05) is 6.61 Å². The molecule has 1 N–H and O–H groups in total. The zero-order valence-corrected chi connectivity index (χ0v) is 5.65. The third-order valence-corrected chi connectivity index (χ3v) is 0.881. The predicted molar refractivity (Wildman–Crippen MR) is 34.6 cm³/mol. The van der Waals surface area contributed by atoms with Crippen LogP contribution >= 0.6 is 0 Å². The van der Waals surface area contributed by atoms with Crippen LogP contribution < -0.4 is 0 Å². The van der Waals surface area contributed by atoms with Crippen molar-refractivity contribution in [2.24, 2.45) is 5.92 Å². The number of hydrogen-bond acceptors (Lipinski definition) is 1. The Labute approximate surface area is 62.5 Å². The summed E-state index contributed by atoms with van der Waals surface area (Å²) in [5.74, 6) is 2.06. The van der Waals surface area contributed by atoms with E-state index in [9.17, 15) is 13.2 Å². The van der Waals surface area contributed by atoms with Gasteiger partial charge in [-0.25, -0.2) is 0 Å². The van der Waals surface area contributed by atoms with E-state index >= 15 is 0 Å². The topological polar surface area (TPSA) is 20.2 Å². The minimum Gasteiger partial charge on any atom is -0.395 e. The third kappa shape index (κ3) is 5.49. The first-order valence-electron chi connectivity index (χ1n) is 2.82. The Hall–Kier alpha value is -0.950. The van der Waals surface area contributed by atoms with Gasteiger partial charge < -0.3 is 5.11 Å². The molecule has 0 aromatic rings. The van der Waals surface area contributed by atoms with Gasteiger partial charge in [0.1, 0.15) is 0 Å². The highest BCUT2D eigenvalue weighted by atomic mass is 19.4. The monoisotopic (exact) mass is 164 g/mol. The van der Waals surface area contributed by atoms with Gasteiger partial charge in [-0.2, -0.15) is 13.2 Å². The number of rotatable bonds is 2. The summed E-state index contributed by atoms with van der Waals surface area (Å²) in [6.07, 6.45) is -3.32. The van der Waals surface area contributed by atoms with Crippen LogP contribution in [0, 0.1) is 17.8 Å². The molecule has 0 saturated heterocycles. The molecule has 0 heterocycles. The lowest BCUT2D eigenvalue weighted by molar-refractivity contribution is -0.0698. The van der Waals surface area contributed by atoms with Crippen LogP contribution in [0.5, 0.6) is 0 Å². The predicted octanol–water partition coefficient (Wildman–Crippen LogP) is 1.35. The average molecular weight is 164 g/mol. The molecule has 62 valence electrons. The van der Waals surface area contributed by atoms with Crippen molar-refractivity contribution in [3.05, 3.63) is 12.7 Å². The van der Waals surface area contributed by atoms with E-state index < -0.39 is 18.7 Å². The third-order valence-electron chi connectivity index (χ3n) is 0.881. The lowest BCUT2D eigenvalue weighted by Crippen LogP contribution is -2.05. The molecule has 0 saturated carbocycles. The highest BCUT2D eigenvalue weighted by Gasteiger charge is 2.23. The standard InChI is InChI=1S/C7H7F3O/c1-2-6(5-11)3-4-7(8,9)10/h2,6,11H,1,5H2. The Morgan fingerprint density at radius 3 is 2.36 bits per heavy atom. The van der Waals surface area contributed by atoms with E-state index in [2.05, 4.69) is 6.58 Å². The number of halogens is 3. The summed E-state index contributed by atoms with van der Waals surface area (Å²) in [5.41, 5.74) is 0. The Morgan fingerprint density at radius 1 is 1.55 bits per heavy atom. The van der Waals surface area contributed by atoms with Crippen LogP contribution in [0.3, 0.4) is 0 Å². The minimum atomic E-state index is -4.49. The molecule has 0 aliphatic rings. The summed E-state index contributed by atoms with van der Waals surface area (Å²) in [4.78, 5) is 0. The second-order valence-corrected chi connectivity index (χ2v) is 1.79. The number of aliphatic hydroxyl groups is 1. The molecule has 0 aliphatic carbocycles. The molecule has 0 aliphatic heterocycles. The summed E-state index contributed by atoms with van der Waals surface area (Å²) in [7, 11) is 0. The van der Waals surface area contributed by atoms with Gasteiger partial charge in [-0.15, -0.1) is 6.58 Å². The smallest absolute Gasteiger partial charge is 0.395 e. The second-order valence-electron chi connectivity index (χ2n) is 1.79. The summed E-state index contributed by atoms with van der Waals surface area (Å²) in [6.45, 7) is 2.76. The van der Waals surface area contributed by atoms with Gasteiger partial charge in [0, 0.05) is 5.92 Å². The van der Waals surface area contributed by atoms with Crippen molar-refractivity contribution < 1.29 is 18.3 Å². The molecule has 4 heteroatoms. The van der Waals surface area contributed by atoms with Crippen molar-refractivity contribution in [1.29, 1.82) is 0 Å². The van der Waals surface area contributed by atoms with Crippen molar-refractivity contribution >= 4 is 0 Å². The molecule has 0 radical (unpaired) electrons. The van der Waals surface area contributed by atoms with Gasteiger partial charge in [0.15, 0.2) is 0 Å². The molecule has 1 unspecified atom stereocenters. The van der Waals surface area contributed by atoms with Crippen LogP contribution in [0.25, 0.3) is 0 Å². The van der Waals surface area contributed by atoms with Crippen molar-refractivity contribution in [1.82, 2.24) is 0 Å². The van der Waals surface area contributed by atoms with Gasteiger partial charge in [-0.05, 0) is 0 Å². The van der Waals surface area contributed by atoms with Crippen LogP contribution in [0.15, 0.2) is 12.7 Å². The Morgan fingerprint density at radius 2 is 2.09 bits per heavy atom. The van der Waals surface area contributed by atoms with Crippen LogP contribution in [0.2, 0.25) is 0 Å². The maximum Gasteiger partial charge on any atom is 0.457 e. The maximum atomic E-state index is 11.4. The molecule has 0 aromatic heterocycles. The van der Waals surface area contributed by atoms with E-state index in [0.29, 0.717) is 0 Å². The first kappa shape index (κ1) is 10.0. The van der Waals surface area contributed by atoms with Crippen molar-refractivity contribution in [2.45, 2.75) is 6.18 Å². The fraction of sp³-hybridized carbons (Fsp3) is 0.429. The van der Waals surface area contributed by atoms with Crippen LogP contribution in [0.4, 0.5) is 13.2 Å². The zero-order chi connectivity index (χ0) is 8.91. The van der Waals surface area contributed by atoms with Gasteiger partial charge in [0.05, 0.1) is 12.5 Å². The molecule has 0 bridgehead atoms. The fourth-order valence-electron chi connectivity index (χ4n) is 0.354. The van der Waals surface area contributed by atoms with Gasteiger partial charge >= 0.3 is 6.18 Å². The molecule has 0 aromatic carbocycles. The first-order chi connectivity index (χ1) is 4.99. The van der Waals surface area contributed by atoms with Crippen LogP contribution in [0.1, 0.15) is 0 Å². The molecule has 0 fully saturated rings. The second kappa shape index (κ2) is 4.04. The van der Waals surface area contributed by atoms with Gasteiger partial charge in [0.25, 0.3) is 0 Å². The zero-order valence-electron chi connectivity index (χ0n) is 5.65. The Balaban J connectivity index is 4.14. The summed E-state index contributed by atoms with van der Waals surface area (Å²) in [5, 5.41) is 8.38. The summed E-state index contributed by atoms with van der Waals surface area (Å²) < 4.78 is 34.2. The highest BCUT2D eigenvalue weighted by molar-refractivity contribution is 5.12. The van der Waals surface area contributed by atoms with E-state index in [0.717, 1.165) is 5.92 Å². The number of aliphatic hydroxyl groups excluding tert-OH is 1. The van der Waals surface area contributed by atoms with E-state index in [1.807, 2.05) is 5.92 Å². The molecule has 11 heavy (non-hydrogen) atoms. The number of alkyl halides is 3. The molecular formula is C7H7F3O. The number of hydrogen-bond donors (Lipinski definition) is 1. The van der Waals surface area contributed by atoms with E-state index in [4.69, 9.17) is 5.11 Å². The molecule has 0 spiro atoms. The lowest BCUT2D eigenvalue weighted by atomic mass is 10.2. The fourth-order valence-corrected chi connectivity index (χ4v) is 0.354. The van der Waals surface area contributed by atoms with E-state index in [-0.39, 0.29) is 0 Å². The largest absolute Gasteiger partial charge is 0.457 e. The van der Waals surface area contributed by atoms with Crippen LogP contribution in [-0.4, -0.2) is 17.9 Å². The first-order valence-corrected chi connectivity index (χ1v) is 2.82. The van der Waals surface area contributed by atoms with E-state index in [1.54, 1.807) is 0 Å². The molecule has 0 amide bonds. The molecule has 0 rings (SSSR count). The Kier molecular flexibility index (Phi) is 3.69. The van der Waals surface area contributed by atoms with Gasteiger partial charge in [0.2, 0.25) is 0 Å². The summed E-state index contributed by atoms with van der Waals surface area (Å²) >= 11 is 0. The lowest BCUT2D eigenvalue weighted by Gasteiger charge is -1.97. The van der Waals surface area contributed by atoms with Gasteiger partial charge in [-0.1, -0.05) is 12.0 Å². The van der Waals surface area contributed by atoms with Crippen molar-refractivity contribution in [3.8, 4) is 11.8 Å². The summed E-state index contributed by atoms with van der Waals surface area (Å²) in [6, 6.07) is 0. The van der Waals surface area contributed by atoms with Crippen LogP contribution in [-0.2, 0) is 0 Å². The van der Waals surface area contributed by atoms with Gasteiger partial charge in [-0.3, -0.25) is 0 Å². The Bertz CT molecular complexity index is 184. The normalized spacial score (nSPS) is 13.1.